The highest BCUT2D eigenvalue weighted by atomic mass is 19.4. The minimum atomic E-state index is -4.67. The molecule has 93 heavy (non-hydrogen) atoms. The molecule has 24 nitrogen and oxygen atoms in total. The van der Waals surface area contributed by atoms with Gasteiger partial charge in [-0.2, -0.15) is 13.2 Å². The fraction of sp³-hybridized carbons (Fsp3) is 0.576. The summed E-state index contributed by atoms with van der Waals surface area (Å²) in [4.78, 5) is 112. The fourth-order valence-corrected chi connectivity index (χ4v) is 8.40. The average Bonchev–Trinajstić information content (AvgIpc) is 2.03. The summed E-state index contributed by atoms with van der Waals surface area (Å²) >= 11 is 0. The van der Waals surface area contributed by atoms with Crippen LogP contribution in [0.4, 0.5) is 18.9 Å². The average molecular weight is 1320 g/mol. The largest absolute Gasteiger partial charge is 0.494 e. The minimum absolute atomic E-state index is 0.00861. The van der Waals surface area contributed by atoms with Gasteiger partial charge in [0, 0.05) is 80.9 Å². The van der Waals surface area contributed by atoms with Crippen molar-refractivity contribution in [3.63, 3.8) is 0 Å². The van der Waals surface area contributed by atoms with Crippen LogP contribution < -0.4 is 41.1 Å². The van der Waals surface area contributed by atoms with Crippen molar-refractivity contribution in [3.8, 4) is 5.75 Å². The Labute approximate surface area is 546 Å². The van der Waals surface area contributed by atoms with Gasteiger partial charge in [-0.15, -0.1) is 0 Å². The van der Waals surface area contributed by atoms with Crippen LogP contribution in [0.25, 0.3) is 10.9 Å². The maximum absolute atomic E-state index is 13.8. The van der Waals surface area contributed by atoms with E-state index in [1.54, 1.807) is 68.1 Å². The van der Waals surface area contributed by atoms with Crippen LogP contribution in [0.3, 0.4) is 0 Å². The van der Waals surface area contributed by atoms with E-state index in [-0.39, 0.29) is 78.7 Å². The lowest BCUT2D eigenvalue weighted by molar-refractivity contribution is -0.159. The minimum Gasteiger partial charge on any atom is -0.494 e. The van der Waals surface area contributed by atoms with Crippen LogP contribution in [0.15, 0.2) is 73.0 Å². The summed E-state index contributed by atoms with van der Waals surface area (Å²) in [6, 6.07) is 8.57. The Morgan fingerprint density at radius 1 is 0.796 bits per heavy atom. The van der Waals surface area contributed by atoms with E-state index in [0.717, 1.165) is 42.1 Å². The third-order valence-corrected chi connectivity index (χ3v) is 12.9. The molecule has 27 heteroatoms. The number of unbranched alkanes of at least 4 members (excludes halogenated alkanes) is 2. The molecule has 3 aromatic rings. The third kappa shape index (κ3) is 38.1. The number of aliphatic carboxylic acids is 1. The van der Waals surface area contributed by atoms with Gasteiger partial charge >= 0.3 is 18.1 Å². The molecule has 2 heterocycles. The number of nitrogens with one attached hydrogen (secondary N) is 6. The second-order valence-corrected chi connectivity index (χ2v) is 22.3. The number of likely N-dealkylation sites (tertiary alicyclic amines) is 1. The van der Waals surface area contributed by atoms with Crippen molar-refractivity contribution in [2.45, 2.75) is 137 Å². The number of hydrogen-bond acceptors (Lipinski definition) is 16. The molecule has 2 atom stereocenters. The van der Waals surface area contributed by atoms with E-state index in [1.165, 1.54) is 44.1 Å². The summed E-state index contributed by atoms with van der Waals surface area (Å²) < 4.78 is 68.5. The van der Waals surface area contributed by atoms with Crippen LogP contribution in [0.2, 0.25) is 0 Å². The number of rotatable bonds is 36. The molecule has 2 unspecified atom stereocenters. The highest BCUT2D eigenvalue weighted by molar-refractivity contribution is 5.97. The van der Waals surface area contributed by atoms with Crippen LogP contribution in [-0.2, 0) is 58.7 Å². The molecule has 0 spiro atoms. The quantitative estimate of drug-likeness (QED) is 0.00762. The van der Waals surface area contributed by atoms with Crippen LogP contribution in [0, 0.1) is 0 Å². The van der Waals surface area contributed by atoms with E-state index in [0.29, 0.717) is 83.7 Å². The zero-order chi connectivity index (χ0) is 70.4. The molecule has 0 bridgehead atoms. The molecule has 7 N–H and O–H groups in total. The highest BCUT2D eigenvalue weighted by Gasteiger charge is 2.39. The summed E-state index contributed by atoms with van der Waals surface area (Å²) in [5, 5.41) is 25.1. The van der Waals surface area contributed by atoms with Crippen LogP contribution in [-0.4, -0.2) is 201 Å². The Hall–Kier alpha value is -7.85. The van der Waals surface area contributed by atoms with Gasteiger partial charge in [-0.25, -0.2) is 9.59 Å². The van der Waals surface area contributed by atoms with E-state index in [9.17, 15) is 56.3 Å². The molecule has 1 fully saturated rings. The normalized spacial score (nSPS) is 12.6. The van der Waals surface area contributed by atoms with E-state index >= 15 is 0 Å². The lowest BCUT2D eigenvalue weighted by atomic mass is 10.0. The molecule has 0 saturated carbocycles. The number of esters is 1. The Kier molecular flexibility index (Phi) is 43.9. The number of carbonyl (C=O) groups excluding carboxylic acids is 8. The van der Waals surface area contributed by atoms with Gasteiger partial charge in [-0.05, 0) is 123 Å². The van der Waals surface area contributed by atoms with Crippen molar-refractivity contribution < 1.29 is 85.1 Å². The topological polar surface area (TPSA) is 308 Å². The number of quaternary nitrogens is 1. The van der Waals surface area contributed by atoms with Crippen molar-refractivity contribution in [3.05, 3.63) is 89.7 Å². The van der Waals surface area contributed by atoms with Gasteiger partial charge < -0.3 is 65.6 Å². The maximum atomic E-state index is 13.8. The first-order valence-electron chi connectivity index (χ1n) is 31.3. The predicted octanol–water partition coefficient (Wildman–Crippen LogP) is 7.11. The van der Waals surface area contributed by atoms with Crippen LogP contribution in [0.1, 0.15) is 139 Å². The number of hydrogen-bond donors (Lipinski definition) is 7. The maximum Gasteiger partial charge on any atom is 0.422 e. The van der Waals surface area contributed by atoms with Gasteiger partial charge in [0.1, 0.15) is 34.7 Å². The number of fused-ring (bicyclic) bond motifs is 1. The molecule has 4 rings (SSSR count). The summed E-state index contributed by atoms with van der Waals surface area (Å²) in [6.45, 7) is 22.7. The molecule has 0 radical (unpaired) electrons. The van der Waals surface area contributed by atoms with E-state index in [2.05, 4.69) is 43.5 Å². The van der Waals surface area contributed by atoms with Gasteiger partial charge in [-0.1, -0.05) is 32.6 Å². The van der Waals surface area contributed by atoms with Crippen LogP contribution in [0.5, 0.6) is 5.75 Å². The lowest BCUT2D eigenvalue weighted by Gasteiger charge is -2.27. The third-order valence-electron chi connectivity index (χ3n) is 12.9. The van der Waals surface area contributed by atoms with Crippen molar-refractivity contribution in [2.75, 3.05) is 114 Å². The van der Waals surface area contributed by atoms with E-state index < -0.39 is 59.1 Å². The van der Waals surface area contributed by atoms with Gasteiger partial charge in [0.2, 0.25) is 30.0 Å². The number of aromatic nitrogens is 1. The first-order valence-corrected chi connectivity index (χ1v) is 31.3. The number of carboxylic acid groups (broad SMARTS) is 1. The molecule has 6 amide bonds. The number of aldehydes is 1. The van der Waals surface area contributed by atoms with Crippen molar-refractivity contribution >= 4 is 70.8 Å². The van der Waals surface area contributed by atoms with Gasteiger partial charge in [0.25, 0.3) is 5.91 Å². The summed E-state index contributed by atoms with van der Waals surface area (Å²) in [5.41, 5.74) is -0.212. The van der Waals surface area contributed by atoms with Gasteiger partial charge in [-0.3, -0.25) is 43.0 Å². The first-order chi connectivity index (χ1) is 44.1. The number of alkyl halides is 3. The van der Waals surface area contributed by atoms with Gasteiger partial charge in [0.05, 0.1) is 85.0 Å². The highest BCUT2D eigenvalue weighted by Crippen LogP contribution is 2.38. The molecule has 522 valence electrons. The predicted molar refractivity (Wildman–Crippen MR) is 352 cm³/mol. The Morgan fingerprint density at radius 3 is 1.91 bits per heavy atom. The first kappa shape index (κ1) is 85.2. The molecular weight excluding hydrogens is 1220 g/mol. The molecule has 1 aliphatic heterocycles. The standard InChI is InChI=1S/C39H63F3N6O10.C12H11NO2.C7H14N2O.C6H8O2.C2H6/c1-28(50)44-17-10-9-13-32(37(54)58-38(2,3)4)47-36(53)31(46-34(51)16-20-55-22-24-57-25-23-56-21-19-43-27-49)12-8-11-18-45-35(52)29-14-15-33(48(5,6)7)30(26-29)39(40,41)42;1-2-15-10-3-4-11-9(8-14)5-6-13-12(11)7-10;1-8-6-7(10)9-4-2-3-5-9;1-3-5(4-2)6(7)8;1-2/h14-15,26-27,31-32H,8-13,16-25H2,1-7H3,(H4-,43,44,45,46,47,49,50,51,52,53);3-8H,2H2,1H3;8H,2-6H2,1H3;3-4H,1H2,2H3,(H,7,8);1-2H3/p+1/b;;;5-4+;. The van der Waals surface area contributed by atoms with E-state index in [1.807, 2.05) is 43.9 Å². The van der Waals surface area contributed by atoms with E-state index in [4.69, 9.17) is 28.8 Å². The number of amides is 6. The SMILES string of the molecule is C=C/C(=C\C)C(=O)O.CC.CC(=O)NCCCCC(NC(=O)C(CCCCNC(=O)c1ccc([N+](C)(C)C)c(C(F)(F)F)c1)NC(=O)CCOCCOCCOCCNC=O)C(=O)OC(C)(C)C.CCOc1ccc2c(C=O)ccnc2c1.CNCC(=O)N1CCCC1. The second-order valence-electron chi connectivity index (χ2n) is 22.3. The molecule has 1 aromatic heterocycles. The summed E-state index contributed by atoms with van der Waals surface area (Å²) in [6.07, 6.45) is 5.40. The fourth-order valence-electron chi connectivity index (χ4n) is 8.40. The number of halogens is 3. The molecule has 0 aliphatic carbocycles. The van der Waals surface area contributed by atoms with Crippen molar-refractivity contribution in [1.29, 1.82) is 0 Å². The lowest BCUT2D eigenvalue weighted by Crippen LogP contribution is -2.52. The zero-order valence-corrected chi connectivity index (χ0v) is 56.5. The van der Waals surface area contributed by atoms with Crippen LogP contribution >= 0.6 is 0 Å². The number of pyridine rings is 1. The monoisotopic (exact) mass is 1320 g/mol. The zero-order valence-electron chi connectivity index (χ0n) is 56.5. The Morgan fingerprint density at radius 2 is 1.40 bits per heavy atom. The van der Waals surface area contributed by atoms with Gasteiger partial charge in [0.15, 0.2) is 6.29 Å². The van der Waals surface area contributed by atoms with Crippen molar-refractivity contribution in [2.24, 2.45) is 0 Å². The number of benzene rings is 2. The molecule has 1 saturated heterocycles. The second kappa shape index (κ2) is 48.0. The Bertz CT molecular complexity index is 2780. The summed E-state index contributed by atoms with van der Waals surface area (Å²) in [5.74, 6) is -2.58. The number of nitrogens with zero attached hydrogens (tertiary/aromatic N) is 3. The Balaban J connectivity index is 0.00000191. The number of carboxylic acids is 1. The molecular formula is C66H103F3N9O15+. The molecule has 2 aromatic carbocycles. The number of allylic oxidation sites excluding steroid dienone is 1. The smallest absolute Gasteiger partial charge is 0.422 e. The molecule has 1 aliphatic rings. The number of carbonyl (C=O) groups is 9. The summed E-state index contributed by atoms with van der Waals surface area (Å²) in [7, 11) is 6.59. The number of likely N-dealkylation sites (N-methyl/N-ethyl adjacent to an activating group) is 1. The number of ether oxygens (including phenoxy) is 5. The van der Waals surface area contributed by atoms with Crippen molar-refractivity contribution in [1.82, 2.24) is 46.3 Å².